The maximum Gasteiger partial charge on any atom is 0.305 e. The molecule has 0 aliphatic carbocycles. The third-order valence-electron chi connectivity index (χ3n) is 1.20. The first-order valence-corrected chi connectivity index (χ1v) is 4.09. The monoisotopic (exact) mass is 176 g/mol. The molecule has 72 valence electrons. The maximum absolute atomic E-state index is 10.3. The van der Waals surface area contributed by atoms with Gasteiger partial charge >= 0.3 is 5.97 Å². The molecule has 0 rings (SSSR count). The third-order valence-corrected chi connectivity index (χ3v) is 1.20. The molecule has 0 bridgehead atoms. The predicted octanol–water partition coefficient (Wildman–Crippen LogP) is 0.685. The normalized spacial score (nSPS) is 12.6. The molecule has 1 unspecified atom stereocenters. The SMILES string of the molecule is CCCCOCC(O)OC(C)=O. The molecule has 0 radical (unpaired) electrons. The van der Waals surface area contributed by atoms with Crippen molar-refractivity contribution in [1.29, 1.82) is 0 Å². The summed E-state index contributed by atoms with van der Waals surface area (Å²) in [6.45, 7) is 3.94. The van der Waals surface area contributed by atoms with Crippen molar-refractivity contribution in [2.24, 2.45) is 0 Å². The van der Waals surface area contributed by atoms with Crippen LogP contribution in [0.5, 0.6) is 0 Å². The van der Waals surface area contributed by atoms with Crippen LogP contribution in [0.4, 0.5) is 0 Å². The average Bonchev–Trinajstić information content (AvgIpc) is 1.97. The van der Waals surface area contributed by atoms with E-state index in [2.05, 4.69) is 4.74 Å². The zero-order valence-electron chi connectivity index (χ0n) is 7.58. The Hall–Kier alpha value is -0.610. The molecule has 4 heteroatoms. The number of aliphatic hydroxyl groups is 1. The van der Waals surface area contributed by atoms with Crippen molar-refractivity contribution in [3.05, 3.63) is 0 Å². The zero-order valence-corrected chi connectivity index (χ0v) is 7.58. The van der Waals surface area contributed by atoms with Crippen LogP contribution in [0, 0.1) is 0 Å². The van der Waals surface area contributed by atoms with E-state index >= 15 is 0 Å². The van der Waals surface area contributed by atoms with Crippen LogP contribution in [-0.2, 0) is 14.3 Å². The summed E-state index contributed by atoms with van der Waals surface area (Å²) in [6.07, 6.45) is 0.871. The number of carbonyl (C=O) groups is 1. The third kappa shape index (κ3) is 7.50. The van der Waals surface area contributed by atoms with Crippen LogP contribution < -0.4 is 0 Å². The zero-order chi connectivity index (χ0) is 9.40. The van der Waals surface area contributed by atoms with Gasteiger partial charge in [-0.3, -0.25) is 4.79 Å². The number of hydrogen-bond acceptors (Lipinski definition) is 4. The van der Waals surface area contributed by atoms with Gasteiger partial charge in [-0.15, -0.1) is 0 Å². The quantitative estimate of drug-likeness (QED) is 0.367. The number of hydrogen-bond donors (Lipinski definition) is 1. The van der Waals surface area contributed by atoms with Crippen molar-refractivity contribution >= 4 is 5.97 Å². The van der Waals surface area contributed by atoms with Crippen molar-refractivity contribution in [2.75, 3.05) is 13.2 Å². The van der Waals surface area contributed by atoms with E-state index in [1.54, 1.807) is 0 Å². The minimum atomic E-state index is -1.13. The fourth-order valence-electron chi connectivity index (χ4n) is 0.656. The predicted molar refractivity (Wildman–Crippen MR) is 43.5 cm³/mol. The highest BCUT2D eigenvalue weighted by Gasteiger charge is 2.05. The van der Waals surface area contributed by atoms with Crippen molar-refractivity contribution in [3.8, 4) is 0 Å². The number of esters is 1. The molecular formula is C8H16O4. The maximum atomic E-state index is 10.3. The minimum Gasteiger partial charge on any atom is -0.434 e. The Morgan fingerprint density at radius 2 is 2.25 bits per heavy atom. The summed E-state index contributed by atoms with van der Waals surface area (Å²) in [6, 6.07) is 0. The lowest BCUT2D eigenvalue weighted by molar-refractivity contribution is -0.174. The van der Waals surface area contributed by atoms with Gasteiger partial charge in [0, 0.05) is 13.5 Å². The van der Waals surface area contributed by atoms with Crippen molar-refractivity contribution in [1.82, 2.24) is 0 Å². The van der Waals surface area contributed by atoms with Crippen LogP contribution in [0.3, 0.4) is 0 Å². The summed E-state index contributed by atoms with van der Waals surface area (Å²) in [7, 11) is 0. The molecule has 0 aromatic carbocycles. The summed E-state index contributed by atoms with van der Waals surface area (Å²) >= 11 is 0. The van der Waals surface area contributed by atoms with Gasteiger partial charge in [0.05, 0.1) is 0 Å². The molecule has 4 nitrogen and oxygen atoms in total. The lowest BCUT2D eigenvalue weighted by Gasteiger charge is -2.10. The highest BCUT2D eigenvalue weighted by atomic mass is 16.7. The van der Waals surface area contributed by atoms with E-state index in [1.165, 1.54) is 6.92 Å². The molecule has 0 aliphatic heterocycles. The van der Waals surface area contributed by atoms with Gasteiger partial charge in [0.2, 0.25) is 6.29 Å². The second kappa shape index (κ2) is 7.06. The number of carbonyl (C=O) groups excluding carboxylic acids is 1. The molecular weight excluding hydrogens is 160 g/mol. The summed E-state index contributed by atoms with van der Waals surface area (Å²) in [5, 5.41) is 8.95. The highest BCUT2D eigenvalue weighted by Crippen LogP contribution is 1.92. The second-order valence-electron chi connectivity index (χ2n) is 2.49. The van der Waals surface area contributed by atoms with Crippen LogP contribution in [0.1, 0.15) is 26.7 Å². The molecule has 0 spiro atoms. The first-order valence-electron chi connectivity index (χ1n) is 4.09. The Balaban J connectivity index is 3.19. The fraction of sp³-hybridized carbons (Fsp3) is 0.875. The van der Waals surface area contributed by atoms with Gasteiger partial charge in [0.25, 0.3) is 0 Å². The smallest absolute Gasteiger partial charge is 0.305 e. The lowest BCUT2D eigenvalue weighted by Crippen LogP contribution is -2.21. The Kier molecular flexibility index (Phi) is 6.70. The Morgan fingerprint density at radius 3 is 2.75 bits per heavy atom. The van der Waals surface area contributed by atoms with Crippen molar-refractivity contribution < 1.29 is 19.4 Å². The van der Waals surface area contributed by atoms with Gasteiger partial charge in [-0.2, -0.15) is 0 Å². The van der Waals surface area contributed by atoms with Crippen LogP contribution >= 0.6 is 0 Å². The summed E-state index contributed by atoms with van der Waals surface area (Å²) < 4.78 is 9.43. The Bertz CT molecular complexity index is 124. The van der Waals surface area contributed by atoms with Crippen LogP contribution in [0.15, 0.2) is 0 Å². The topological polar surface area (TPSA) is 55.8 Å². The van der Waals surface area contributed by atoms with Crippen LogP contribution in [-0.4, -0.2) is 30.6 Å². The number of rotatable bonds is 6. The molecule has 0 fully saturated rings. The summed E-state index contributed by atoms with van der Waals surface area (Å²) in [4.78, 5) is 10.3. The summed E-state index contributed by atoms with van der Waals surface area (Å²) in [5.41, 5.74) is 0. The standard InChI is InChI=1S/C8H16O4/c1-3-4-5-11-6-8(10)12-7(2)9/h8,10H,3-6H2,1-2H3. The molecule has 0 aromatic rings. The van der Waals surface area contributed by atoms with Gasteiger partial charge in [0.15, 0.2) is 0 Å². The lowest BCUT2D eigenvalue weighted by atomic mass is 10.4. The molecule has 0 aliphatic rings. The van der Waals surface area contributed by atoms with Gasteiger partial charge in [-0.05, 0) is 6.42 Å². The largest absolute Gasteiger partial charge is 0.434 e. The van der Waals surface area contributed by atoms with Gasteiger partial charge in [0.1, 0.15) is 6.61 Å². The number of ether oxygens (including phenoxy) is 2. The molecule has 0 saturated heterocycles. The first kappa shape index (κ1) is 11.4. The van der Waals surface area contributed by atoms with Gasteiger partial charge in [-0.25, -0.2) is 0 Å². The minimum absolute atomic E-state index is 0.0551. The van der Waals surface area contributed by atoms with Crippen LogP contribution in [0.25, 0.3) is 0 Å². The molecule has 0 saturated carbocycles. The number of unbranched alkanes of at least 4 members (excludes halogenated alkanes) is 1. The van der Waals surface area contributed by atoms with E-state index in [1.807, 2.05) is 6.92 Å². The first-order chi connectivity index (χ1) is 5.66. The van der Waals surface area contributed by atoms with Gasteiger partial charge in [-0.1, -0.05) is 13.3 Å². The fourth-order valence-corrected chi connectivity index (χ4v) is 0.656. The van der Waals surface area contributed by atoms with E-state index in [4.69, 9.17) is 9.84 Å². The highest BCUT2D eigenvalue weighted by molar-refractivity contribution is 5.65. The molecule has 0 aromatic heterocycles. The van der Waals surface area contributed by atoms with E-state index in [0.29, 0.717) is 6.61 Å². The molecule has 0 heterocycles. The van der Waals surface area contributed by atoms with E-state index in [-0.39, 0.29) is 6.61 Å². The number of aliphatic hydroxyl groups excluding tert-OH is 1. The van der Waals surface area contributed by atoms with Crippen LogP contribution in [0.2, 0.25) is 0 Å². The second-order valence-corrected chi connectivity index (χ2v) is 2.49. The molecule has 1 atom stereocenters. The molecule has 1 N–H and O–H groups in total. The molecule has 0 amide bonds. The van der Waals surface area contributed by atoms with Crippen molar-refractivity contribution in [3.63, 3.8) is 0 Å². The van der Waals surface area contributed by atoms with E-state index < -0.39 is 12.3 Å². The van der Waals surface area contributed by atoms with Crippen molar-refractivity contribution in [2.45, 2.75) is 33.0 Å². The Morgan fingerprint density at radius 1 is 1.58 bits per heavy atom. The average molecular weight is 176 g/mol. The van der Waals surface area contributed by atoms with Gasteiger partial charge < -0.3 is 14.6 Å². The molecule has 12 heavy (non-hydrogen) atoms. The van der Waals surface area contributed by atoms with E-state index in [0.717, 1.165) is 12.8 Å². The summed E-state index contributed by atoms with van der Waals surface area (Å²) in [5.74, 6) is -0.499. The Labute approximate surface area is 72.5 Å². The van der Waals surface area contributed by atoms with E-state index in [9.17, 15) is 4.79 Å².